The Bertz CT molecular complexity index is 528. The van der Waals surface area contributed by atoms with Gasteiger partial charge in [-0.05, 0) is 34.1 Å². The van der Waals surface area contributed by atoms with Crippen LogP contribution in [0.5, 0.6) is 5.88 Å². The van der Waals surface area contributed by atoms with Crippen molar-refractivity contribution in [3.63, 3.8) is 0 Å². The molecule has 0 aliphatic carbocycles. The molecule has 0 saturated heterocycles. The fraction of sp³-hybridized carbons (Fsp3) is 0.0769. The fourth-order valence-corrected chi connectivity index (χ4v) is 1.57. The van der Waals surface area contributed by atoms with Gasteiger partial charge in [-0.3, -0.25) is 4.90 Å². The lowest BCUT2D eigenvalue weighted by Gasteiger charge is -2.16. The van der Waals surface area contributed by atoms with Crippen LogP contribution >= 0.6 is 15.9 Å². The van der Waals surface area contributed by atoms with Gasteiger partial charge in [0.25, 0.3) is 0 Å². The van der Waals surface area contributed by atoms with Crippen molar-refractivity contribution in [2.75, 3.05) is 11.9 Å². The van der Waals surface area contributed by atoms with Crippen molar-refractivity contribution in [3.05, 3.63) is 53.1 Å². The van der Waals surface area contributed by atoms with E-state index < -0.39 is 6.09 Å². The minimum absolute atomic E-state index is 0.269. The van der Waals surface area contributed by atoms with Gasteiger partial charge in [0.15, 0.2) is 0 Å². The van der Waals surface area contributed by atoms with Crippen LogP contribution in [0, 0.1) is 0 Å². The first-order valence-corrected chi connectivity index (χ1v) is 6.08. The molecule has 92 valence electrons. The number of carbonyl (C=O) groups is 1. The number of hydrogen-bond acceptors (Lipinski definition) is 3. The van der Waals surface area contributed by atoms with Crippen molar-refractivity contribution in [2.24, 2.45) is 0 Å². The number of hydrogen-bond donors (Lipinski definition) is 0. The number of aromatic nitrogens is 1. The molecule has 2 rings (SSSR count). The molecule has 0 saturated carbocycles. The summed E-state index contributed by atoms with van der Waals surface area (Å²) in [5.74, 6) is 0.269. The smallest absolute Gasteiger partial charge is 0.391 e. The molecule has 0 spiro atoms. The average molecular weight is 307 g/mol. The summed E-state index contributed by atoms with van der Waals surface area (Å²) in [4.78, 5) is 17.2. The Labute approximate surface area is 113 Å². The van der Waals surface area contributed by atoms with E-state index in [0.717, 1.165) is 10.2 Å². The van der Waals surface area contributed by atoms with Crippen molar-refractivity contribution in [3.8, 4) is 5.88 Å². The lowest BCUT2D eigenvalue weighted by atomic mass is 10.3. The van der Waals surface area contributed by atoms with Gasteiger partial charge in [0, 0.05) is 29.5 Å². The van der Waals surface area contributed by atoms with Crippen molar-refractivity contribution in [2.45, 2.75) is 0 Å². The number of anilines is 1. The number of carbonyl (C=O) groups excluding carboxylic acids is 1. The number of nitrogens with zero attached hydrogens (tertiary/aromatic N) is 2. The third kappa shape index (κ3) is 3.07. The Balaban J connectivity index is 2.06. The fourth-order valence-electron chi connectivity index (χ4n) is 1.34. The number of halogens is 1. The number of ether oxygens (including phenoxy) is 1. The van der Waals surface area contributed by atoms with E-state index in [1.54, 1.807) is 25.4 Å². The van der Waals surface area contributed by atoms with Crippen LogP contribution in [0.2, 0.25) is 0 Å². The van der Waals surface area contributed by atoms with Gasteiger partial charge < -0.3 is 4.74 Å². The highest BCUT2D eigenvalue weighted by Crippen LogP contribution is 2.15. The summed E-state index contributed by atoms with van der Waals surface area (Å²) in [5.41, 5.74) is 0.764. The molecule has 0 fully saturated rings. The summed E-state index contributed by atoms with van der Waals surface area (Å²) in [6.07, 6.45) is 1.10. The Morgan fingerprint density at radius 2 is 1.94 bits per heavy atom. The molecule has 1 heterocycles. The van der Waals surface area contributed by atoms with Crippen LogP contribution in [-0.2, 0) is 0 Å². The van der Waals surface area contributed by atoms with Crippen LogP contribution in [0.25, 0.3) is 0 Å². The number of pyridine rings is 1. The first-order valence-electron chi connectivity index (χ1n) is 5.29. The highest BCUT2D eigenvalue weighted by molar-refractivity contribution is 9.10. The van der Waals surface area contributed by atoms with E-state index in [1.165, 1.54) is 4.90 Å². The largest absolute Gasteiger partial charge is 0.420 e. The molecular formula is C13H11BrN2O2. The van der Waals surface area contributed by atoms with Crippen LogP contribution in [0.15, 0.2) is 53.1 Å². The van der Waals surface area contributed by atoms with Crippen LogP contribution in [-0.4, -0.2) is 18.1 Å². The Morgan fingerprint density at radius 1 is 1.22 bits per heavy atom. The number of rotatable bonds is 2. The molecule has 18 heavy (non-hydrogen) atoms. The van der Waals surface area contributed by atoms with Crippen LogP contribution in [0.3, 0.4) is 0 Å². The SMILES string of the molecule is CN(C(=O)Oc1ccc(Br)cn1)c1ccccc1. The zero-order valence-electron chi connectivity index (χ0n) is 9.71. The zero-order chi connectivity index (χ0) is 13.0. The van der Waals surface area contributed by atoms with E-state index in [0.29, 0.717) is 0 Å². The van der Waals surface area contributed by atoms with Gasteiger partial charge >= 0.3 is 6.09 Å². The molecule has 5 heteroatoms. The summed E-state index contributed by atoms with van der Waals surface area (Å²) >= 11 is 3.26. The van der Waals surface area contributed by atoms with Gasteiger partial charge in [-0.15, -0.1) is 0 Å². The van der Waals surface area contributed by atoms with Gasteiger partial charge in [-0.2, -0.15) is 0 Å². The quantitative estimate of drug-likeness (QED) is 0.853. The Kier molecular flexibility index (Phi) is 3.94. The zero-order valence-corrected chi connectivity index (χ0v) is 11.3. The normalized spacial score (nSPS) is 9.89. The van der Waals surface area contributed by atoms with E-state index in [4.69, 9.17) is 4.74 Å². The monoisotopic (exact) mass is 306 g/mol. The second-order valence-electron chi connectivity index (χ2n) is 3.58. The maximum atomic E-state index is 11.8. The highest BCUT2D eigenvalue weighted by atomic mass is 79.9. The van der Waals surface area contributed by atoms with E-state index >= 15 is 0 Å². The summed E-state index contributed by atoms with van der Waals surface area (Å²) < 4.78 is 5.97. The topological polar surface area (TPSA) is 42.4 Å². The third-order valence-corrected chi connectivity index (χ3v) is 2.78. The summed E-state index contributed by atoms with van der Waals surface area (Å²) in [5, 5.41) is 0. The number of amides is 1. The molecule has 0 atom stereocenters. The van der Waals surface area contributed by atoms with E-state index in [-0.39, 0.29) is 5.88 Å². The second-order valence-corrected chi connectivity index (χ2v) is 4.49. The minimum atomic E-state index is -0.476. The van der Waals surface area contributed by atoms with Gasteiger partial charge in [0.2, 0.25) is 5.88 Å². The molecule has 0 aliphatic rings. The second kappa shape index (κ2) is 5.64. The molecule has 0 aliphatic heterocycles. The molecular weight excluding hydrogens is 296 g/mol. The van der Waals surface area contributed by atoms with Crippen molar-refractivity contribution >= 4 is 27.7 Å². The van der Waals surface area contributed by atoms with Crippen LogP contribution < -0.4 is 9.64 Å². The minimum Gasteiger partial charge on any atom is -0.391 e. The highest BCUT2D eigenvalue weighted by Gasteiger charge is 2.13. The average Bonchev–Trinajstić information content (AvgIpc) is 2.41. The third-order valence-electron chi connectivity index (χ3n) is 2.31. The first kappa shape index (κ1) is 12.6. The van der Waals surface area contributed by atoms with Crippen molar-refractivity contribution in [1.82, 2.24) is 4.98 Å². The number of para-hydroxylation sites is 1. The summed E-state index contributed by atoms with van der Waals surface area (Å²) in [7, 11) is 1.65. The first-order chi connectivity index (χ1) is 8.66. The van der Waals surface area contributed by atoms with Crippen molar-refractivity contribution in [1.29, 1.82) is 0 Å². The lowest BCUT2D eigenvalue weighted by molar-refractivity contribution is 0.207. The molecule has 0 radical (unpaired) electrons. The molecule has 0 N–H and O–H groups in total. The molecule has 2 aromatic rings. The van der Waals surface area contributed by atoms with Crippen LogP contribution in [0.1, 0.15) is 0 Å². The van der Waals surface area contributed by atoms with E-state index in [9.17, 15) is 4.79 Å². The van der Waals surface area contributed by atoms with Gasteiger partial charge in [0.1, 0.15) is 0 Å². The molecule has 1 aromatic heterocycles. The lowest BCUT2D eigenvalue weighted by Crippen LogP contribution is -2.29. The predicted octanol–water partition coefficient (Wildman–Crippen LogP) is 3.48. The number of benzene rings is 1. The summed E-state index contributed by atoms with van der Waals surface area (Å²) in [6, 6.07) is 12.7. The summed E-state index contributed by atoms with van der Waals surface area (Å²) in [6.45, 7) is 0. The molecule has 0 bridgehead atoms. The molecule has 1 amide bonds. The molecule has 0 unspecified atom stereocenters. The maximum Gasteiger partial charge on any atom is 0.420 e. The Hall–Kier alpha value is -1.88. The molecule has 1 aromatic carbocycles. The van der Waals surface area contributed by atoms with E-state index in [1.807, 2.05) is 30.3 Å². The van der Waals surface area contributed by atoms with Gasteiger partial charge in [-0.25, -0.2) is 9.78 Å². The van der Waals surface area contributed by atoms with E-state index in [2.05, 4.69) is 20.9 Å². The Morgan fingerprint density at radius 3 is 2.56 bits per heavy atom. The maximum absolute atomic E-state index is 11.8. The van der Waals surface area contributed by atoms with Crippen LogP contribution in [0.4, 0.5) is 10.5 Å². The predicted molar refractivity (Wildman–Crippen MR) is 72.8 cm³/mol. The standard InChI is InChI=1S/C13H11BrN2O2/c1-16(11-5-3-2-4-6-11)13(17)18-12-8-7-10(14)9-15-12/h2-9H,1H3. The van der Waals surface area contributed by atoms with Crippen molar-refractivity contribution < 1.29 is 9.53 Å². The van der Waals surface area contributed by atoms with Gasteiger partial charge in [-0.1, -0.05) is 18.2 Å². The molecule has 4 nitrogen and oxygen atoms in total. The van der Waals surface area contributed by atoms with Gasteiger partial charge in [0.05, 0.1) is 0 Å².